The Morgan fingerprint density at radius 3 is 2.35 bits per heavy atom. The monoisotopic (exact) mass is 407 g/mol. The van der Waals surface area contributed by atoms with E-state index in [0.717, 1.165) is 17.1 Å². The van der Waals surface area contributed by atoms with Crippen molar-refractivity contribution in [3.05, 3.63) is 71.3 Å². The number of aromatic nitrogens is 2. The Morgan fingerprint density at radius 2 is 1.58 bits per heavy atom. The largest absolute Gasteiger partial charge is 0.383 e. The molecule has 31 heavy (non-hydrogen) atoms. The maximum Gasteiger partial charge on any atom is 0.383 e. The third-order valence-electron chi connectivity index (χ3n) is 6.78. The zero-order valence-electron chi connectivity index (χ0n) is 19.0. The second-order valence-electron chi connectivity index (χ2n) is 9.91. The molecule has 6 aromatic rings. The molecule has 0 aliphatic heterocycles. The first-order valence-corrected chi connectivity index (χ1v) is 10.9. The summed E-state index contributed by atoms with van der Waals surface area (Å²) in [6.07, 6.45) is 0. The van der Waals surface area contributed by atoms with E-state index in [1.54, 1.807) is 0 Å². The standard InChI is InChI=1S/C28H27N2O/c1-16-14-21(17(2)22(15-16)28(3,4)5)26-29(6)25-20-12-9-11-19-18-10-7-8-13-23(18)30(24(19)20)27(25)31-26/h7-15H,1-6H3/q+1. The number of hydrogen-bond donors (Lipinski definition) is 0. The van der Waals surface area contributed by atoms with Crippen molar-refractivity contribution in [1.82, 2.24) is 4.40 Å². The smallest absolute Gasteiger partial charge is 0.380 e. The summed E-state index contributed by atoms with van der Waals surface area (Å²) >= 11 is 0. The Labute approximate surface area is 181 Å². The van der Waals surface area contributed by atoms with Crippen LogP contribution in [-0.2, 0) is 12.5 Å². The Morgan fingerprint density at radius 1 is 0.871 bits per heavy atom. The van der Waals surface area contributed by atoms with Crippen molar-refractivity contribution in [2.45, 2.75) is 40.0 Å². The van der Waals surface area contributed by atoms with E-state index in [1.165, 1.54) is 49.4 Å². The molecule has 0 fully saturated rings. The van der Waals surface area contributed by atoms with Crippen LogP contribution >= 0.6 is 0 Å². The van der Waals surface area contributed by atoms with E-state index < -0.39 is 0 Å². The minimum absolute atomic E-state index is 0.0775. The van der Waals surface area contributed by atoms with E-state index in [-0.39, 0.29) is 5.41 Å². The van der Waals surface area contributed by atoms with Crippen LogP contribution in [0.15, 0.2) is 59.0 Å². The van der Waals surface area contributed by atoms with Crippen LogP contribution in [0, 0.1) is 13.8 Å². The molecule has 0 saturated heterocycles. The third kappa shape index (κ3) is 2.32. The second kappa shape index (κ2) is 5.88. The van der Waals surface area contributed by atoms with Crippen molar-refractivity contribution in [3.63, 3.8) is 0 Å². The highest BCUT2D eigenvalue weighted by Crippen LogP contribution is 2.40. The fourth-order valence-corrected chi connectivity index (χ4v) is 5.42. The van der Waals surface area contributed by atoms with Crippen molar-refractivity contribution in [2.75, 3.05) is 0 Å². The zero-order chi connectivity index (χ0) is 21.7. The summed E-state index contributed by atoms with van der Waals surface area (Å²) < 4.78 is 11.2. The van der Waals surface area contributed by atoms with E-state index >= 15 is 0 Å². The van der Waals surface area contributed by atoms with Gasteiger partial charge in [-0.2, -0.15) is 4.57 Å². The van der Waals surface area contributed by atoms with Gasteiger partial charge in [0.1, 0.15) is 7.05 Å². The average molecular weight is 408 g/mol. The summed E-state index contributed by atoms with van der Waals surface area (Å²) in [6.45, 7) is 11.2. The van der Waals surface area contributed by atoms with Crippen molar-refractivity contribution in [3.8, 4) is 11.5 Å². The molecular formula is C28H27N2O+. The Kier molecular flexibility index (Phi) is 3.50. The van der Waals surface area contributed by atoms with Crippen LogP contribution in [0.3, 0.4) is 0 Å². The van der Waals surface area contributed by atoms with E-state index in [9.17, 15) is 0 Å². The van der Waals surface area contributed by atoms with Gasteiger partial charge in [0.2, 0.25) is 0 Å². The van der Waals surface area contributed by atoms with Crippen LogP contribution < -0.4 is 4.57 Å². The van der Waals surface area contributed by atoms with Gasteiger partial charge in [0, 0.05) is 10.8 Å². The molecule has 6 rings (SSSR count). The van der Waals surface area contributed by atoms with Gasteiger partial charge in [0.25, 0.3) is 11.2 Å². The van der Waals surface area contributed by atoms with Gasteiger partial charge in [-0.15, -0.1) is 0 Å². The Hall–Kier alpha value is -3.33. The molecule has 3 aromatic heterocycles. The molecule has 0 aliphatic rings. The molecule has 0 N–H and O–H groups in total. The first kappa shape index (κ1) is 18.4. The predicted octanol–water partition coefficient (Wildman–Crippen LogP) is 6.84. The van der Waals surface area contributed by atoms with Crippen LogP contribution in [0.5, 0.6) is 0 Å². The topological polar surface area (TPSA) is 21.4 Å². The van der Waals surface area contributed by atoms with Crippen LogP contribution in [-0.4, -0.2) is 4.40 Å². The fraction of sp³-hybridized carbons (Fsp3) is 0.250. The van der Waals surface area contributed by atoms with Gasteiger partial charge in [0.15, 0.2) is 0 Å². The average Bonchev–Trinajstić information content (AvgIpc) is 3.35. The molecule has 0 radical (unpaired) electrons. The molecular weight excluding hydrogens is 380 g/mol. The number of fused-ring (bicyclic) bond motifs is 6. The number of benzene rings is 3. The lowest BCUT2D eigenvalue weighted by Gasteiger charge is -2.23. The van der Waals surface area contributed by atoms with Crippen molar-refractivity contribution >= 4 is 38.4 Å². The van der Waals surface area contributed by atoms with Crippen LogP contribution in [0.25, 0.3) is 49.9 Å². The minimum atomic E-state index is 0.0775. The van der Waals surface area contributed by atoms with Gasteiger partial charge in [-0.25, -0.2) is 0 Å². The molecule has 0 aliphatic carbocycles. The maximum absolute atomic E-state index is 6.71. The molecule has 0 atom stereocenters. The number of oxazole rings is 1. The molecule has 0 amide bonds. The summed E-state index contributed by atoms with van der Waals surface area (Å²) in [5.74, 6) is 0.914. The van der Waals surface area contributed by atoms with Gasteiger partial charge in [-0.1, -0.05) is 57.2 Å². The van der Waals surface area contributed by atoms with Gasteiger partial charge < -0.3 is 4.42 Å². The molecule has 3 nitrogen and oxygen atoms in total. The lowest BCUT2D eigenvalue weighted by Crippen LogP contribution is -2.29. The first-order valence-electron chi connectivity index (χ1n) is 10.9. The maximum atomic E-state index is 6.71. The third-order valence-corrected chi connectivity index (χ3v) is 6.78. The zero-order valence-corrected chi connectivity index (χ0v) is 19.0. The van der Waals surface area contributed by atoms with E-state index in [2.05, 4.69) is 105 Å². The molecule has 0 unspecified atom stereocenters. The van der Waals surface area contributed by atoms with Gasteiger partial charge >= 0.3 is 5.89 Å². The second-order valence-corrected chi connectivity index (χ2v) is 9.91. The van der Waals surface area contributed by atoms with E-state index in [1.807, 2.05) is 0 Å². The summed E-state index contributed by atoms with van der Waals surface area (Å²) in [4.78, 5) is 0. The SMILES string of the molecule is Cc1cc(-c2oc3c(c4cccc5c6ccccc6n3c54)[n+]2C)c(C)c(C(C)(C)C)c1. The van der Waals surface area contributed by atoms with Crippen molar-refractivity contribution in [1.29, 1.82) is 0 Å². The highest BCUT2D eigenvalue weighted by molar-refractivity contribution is 6.21. The normalized spacial score (nSPS) is 12.8. The Bertz CT molecular complexity index is 1640. The lowest BCUT2D eigenvalue weighted by atomic mass is 9.81. The Balaban J connectivity index is 1.77. The lowest BCUT2D eigenvalue weighted by molar-refractivity contribution is -0.636. The van der Waals surface area contributed by atoms with Crippen molar-refractivity contribution < 1.29 is 8.98 Å². The van der Waals surface area contributed by atoms with E-state index in [0.29, 0.717) is 0 Å². The number of nitrogens with zero attached hydrogens (tertiary/aromatic N) is 2. The highest BCUT2D eigenvalue weighted by Gasteiger charge is 2.32. The summed E-state index contributed by atoms with van der Waals surface area (Å²) in [5, 5.41) is 3.79. The van der Waals surface area contributed by atoms with Crippen molar-refractivity contribution in [2.24, 2.45) is 7.05 Å². The molecule has 3 heteroatoms. The first-order chi connectivity index (χ1) is 14.8. The number of para-hydroxylation sites is 2. The quantitative estimate of drug-likeness (QED) is 0.274. The molecule has 3 heterocycles. The van der Waals surface area contributed by atoms with E-state index in [4.69, 9.17) is 4.42 Å². The molecule has 0 saturated carbocycles. The fourth-order valence-electron chi connectivity index (χ4n) is 5.42. The summed E-state index contributed by atoms with van der Waals surface area (Å²) in [5.41, 5.74) is 9.68. The number of aryl methyl sites for hydroxylation is 2. The van der Waals surface area contributed by atoms with Gasteiger partial charge in [-0.3, -0.25) is 4.40 Å². The highest BCUT2D eigenvalue weighted by atomic mass is 16.4. The molecule has 3 aromatic carbocycles. The van der Waals surface area contributed by atoms with Gasteiger partial charge in [-0.05, 0) is 54.2 Å². The summed E-state index contributed by atoms with van der Waals surface area (Å²) in [7, 11) is 2.13. The molecule has 0 bridgehead atoms. The number of rotatable bonds is 1. The van der Waals surface area contributed by atoms with Crippen LogP contribution in [0.4, 0.5) is 0 Å². The molecule has 154 valence electrons. The summed E-state index contributed by atoms with van der Waals surface area (Å²) in [6, 6.07) is 19.8. The van der Waals surface area contributed by atoms with Gasteiger partial charge in [0.05, 0.1) is 22.0 Å². The predicted molar refractivity (Wildman–Crippen MR) is 128 cm³/mol. The molecule has 0 spiro atoms. The number of hydrogen-bond acceptors (Lipinski definition) is 1. The van der Waals surface area contributed by atoms with Crippen LogP contribution in [0.1, 0.15) is 37.5 Å². The minimum Gasteiger partial charge on any atom is -0.380 e. The van der Waals surface area contributed by atoms with Crippen LogP contribution in [0.2, 0.25) is 0 Å².